The molecule has 1 amide bonds. The highest BCUT2D eigenvalue weighted by Gasteiger charge is 2.33. The number of ether oxygens (including phenoxy) is 2. The Hall–Kier alpha value is -2.80. The molecule has 0 unspecified atom stereocenters. The summed E-state index contributed by atoms with van der Waals surface area (Å²) < 4.78 is 16.6. The van der Waals surface area contributed by atoms with E-state index in [1.165, 1.54) is 5.56 Å². The zero-order valence-corrected chi connectivity index (χ0v) is 17.6. The van der Waals surface area contributed by atoms with E-state index in [0.29, 0.717) is 36.3 Å². The fraction of sp³-hybridized carbons (Fsp3) is 0.364. The average molecular weight is 413 g/mol. The van der Waals surface area contributed by atoms with Gasteiger partial charge in [0.1, 0.15) is 12.4 Å². The molecule has 29 heavy (non-hydrogen) atoms. The standard InChI is InChI=1S/C22H24N2O4S/c1-14-19(15(2)28-23-14)12-27-20-7-4-17(10-21(20)26-3)22(25)24(18-5-6-18)11-16-8-9-29-13-16/h4,7-10,13,18H,5-6,11-12H2,1-3H3. The molecule has 1 aromatic carbocycles. The third-order valence-electron chi connectivity index (χ3n) is 5.15. The van der Waals surface area contributed by atoms with Gasteiger partial charge in [0.15, 0.2) is 11.5 Å². The van der Waals surface area contributed by atoms with Crippen molar-refractivity contribution in [2.24, 2.45) is 0 Å². The van der Waals surface area contributed by atoms with Gasteiger partial charge in [-0.15, -0.1) is 0 Å². The highest BCUT2D eigenvalue weighted by atomic mass is 32.1. The number of amides is 1. The van der Waals surface area contributed by atoms with Crippen LogP contribution in [0.25, 0.3) is 0 Å². The molecule has 0 aliphatic heterocycles. The predicted octanol–water partition coefficient (Wildman–Crippen LogP) is 4.75. The number of benzene rings is 1. The van der Waals surface area contributed by atoms with Crippen LogP contribution in [-0.2, 0) is 13.2 Å². The molecule has 1 aliphatic carbocycles. The Labute approximate surface area is 174 Å². The van der Waals surface area contributed by atoms with Gasteiger partial charge in [-0.3, -0.25) is 4.79 Å². The third kappa shape index (κ3) is 4.29. The van der Waals surface area contributed by atoms with Crippen molar-refractivity contribution in [3.63, 3.8) is 0 Å². The van der Waals surface area contributed by atoms with Crippen LogP contribution < -0.4 is 9.47 Å². The number of aromatic nitrogens is 1. The average Bonchev–Trinajstić information content (AvgIpc) is 3.35. The molecule has 0 radical (unpaired) electrons. The number of hydrogen-bond acceptors (Lipinski definition) is 6. The van der Waals surface area contributed by atoms with Gasteiger partial charge >= 0.3 is 0 Å². The number of hydrogen-bond donors (Lipinski definition) is 0. The summed E-state index contributed by atoms with van der Waals surface area (Å²) in [6, 6.07) is 7.74. The van der Waals surface area contributed by atoms with Gasteiger partial charge in [-0.05, 0) is 67.3 Å². The molecule has 6 nitrogen and oxygen atoms in total. The first-order valence-electron chi connectivity index (χ1n) is 9.61. The molecule has 1 aliphatic rings. The first-order valence-corrected chi connectivity index (χ1v) is 10.6. The Bertz CT molecular complexity index is 973. The number of thiophene rings is 1. The van der Waals surface area contributed by atoms with Crippen LogP contribution in [0.4, 0.5) is 0 Å². The molecule has 0 atom stereocenters. The maximum Gasteiger partial charge on any atom is 0.254 e. The Morgan fingerprint density at radius 1 is 1.28 bits per heavy atom. The molecule has 0 N–H and O–H groups in total. The van der Waals surface area contributed by atoms with Crippen molar-refractivity contribution in [2.75, 3.05) is 7.11 Å². The highest BCUT2D eigenvalue weighted by molar-refractivity contribution is 7.07. The number of carbonyl (C=O) groups excluding carboxylic acids is 1. The molecular weight excluding hydrogens is 388 g/mol. The molecule has 2 heterocycles. The Morgan fingerprint density at radius 2 is 2.10 bits per heavy atom. The van der Waals surface area contributed by atoms with E-state index >= 15 is 0 Å². The smallest absolute Gasteiger partial charge is 0.254 e. The minimum Gasteiger partial charge on any atom is -0.493 e. The van der Waals surface area contributed by atoms with Gasteiger partial charge < -0.3 is 18.9 Å². The Kier molecular flexibility index (Phi) is 5.58. The summed E-state index contributed by atoms with van der Waals surface area (Å²) in [5.41, 5.74) is 3.50. The summed E-state index contributed by atoms with van der Waals surface area (Å²) in [6.45, 7) is 4.71. The quantitative estimate of drug-likeness (QED) is 0.534. The van der Waals surface area contributed by atoms with Crippen molar-refractivity contribution in [3.8, 4) is 11.5 Å². The van der Waals surface area contributed by atoms with Gasteiger partial charge in [-0.1, -0.05) is 5.16 Å². The van der Waals surface area contributed by atoms with E-state index in [4.69, 9.17) is 14.0 Å². The van der Waals surface area contributed by atoms with Crippen LogP contribution >= 0.6 is 11.3 Å². The largest absolute Gasteiger partial charge is 0.493 e. The second-order valence-electron chi connectivity index (χ2n) is 7.25. The molecule has 0 saturated heterocycles. The minimum atomic E-state index is 0.0225. The van der Waals surface area contributed by atoms with Gasteiger partial charge in [-0.2, -0.15) is 11.3 Å². The van der Waals surface area contributed by atoms with Crippen LogP contribution in [0.5, 0.6) is 11.5 Å². The number of carbonyl (C=O) groups is 1. The number of nitrogens with zero attached hydrogens (tertiary/aromatic N) is 2. The third-order valence-corrected chi connectivity index (χ3v) is 5.88. The van der Waals surface area contributed by atoms with E-state index in [1.54, 1.807) is 36.6 Å². The monoisotopic (exact) mass is 412 g/mol. The van der Waals surface area contributed by atoms with Crippen LogP contribution in [0.1, 0.15) is 45.8 Å². The molecular formula is C22H24N2O4S. The number of rotatable bonds is 8. The summed E-state index contributed by atoms with van der Waals surface area (Å²) in [5.74, 6) is 1.88. The van der Waals surface area contributed by atoms with Crippen LogP contribution in [0, 0.1) is 13.8 Å². The van der Waals surface area contributed by atoms with Crippen molar-refractivity contribution in [1.82, 2.24) is 10.1 Å². The lowest BCUT2D eigenvalue weighted by molar-refractivity contribution is 0.0729. The molecule has 0 spiro atoms. The van der Waals surface area contributed by atoms with Crippen molar-refractivity contribution in [3.05, 3.63) is 63.2 Å². The fourth-order valence-electron chi connectivity index (χ4n) is 3.28. The number of methoxy groups -OCH3 is 1. The maximum atomic E-state index is 13.2. The molecule has 1 saturated carbocycles. The minimum absolute atomic E-state index is 0.0225. The summed E-state index contributed by atoms with van der Waals surface area (Å²) >= 11 is 1.65. The highest BCUT2D eigenvalue weighted by Crippen LogP contribution is 2.33. The zero-order chi connectivity index (χ0) is 20.4. The summed E-state index contributed by atoms with van der Waals surface area (Å²) in [7, 11) is 1.58. The van der Waals surface area contributed by atoms with Crippen LogP contribution in [0.2, 0.25) is 0 Å². The van der Waals surface area contributed by atoms with Gasteiger partial charge in [0.25, 0.3) is 5.91 Å². The fourth-order valence-corrected chi connectivity index (χ4v) is 3.94. The molecule has 7 heteroatoms. The van der Waals surface area contributed by atoms with E-state index in [1.807, 2.05) is 24.1 Å². The molecule has 4 rings (SSSR count). The lowest BCUT2D eigenvalue weighted by Crippen LogP contribution is -2.32. The lowest BCUT2D eigenvalue weighted by Gasteiger charge is -2.22. The second kappa shape index (κ2) is 8.29. The predicted molar refractivity (Wildman–Crippen MR) is 111 cm³/mol. The Morgan fingerprint density at radius 3 is 2.72 bits per heavy atom. The first kappa shape index (κ1) is 19.5. The van der Waals surface area contributed by atoms with Crippen molar-refractivity contribution >= 4 is 17.2 Å². The molecule has 2 aromatic heterocycles. The van der Waals surface area contributed by atoms with Crippen LogP contribution in [-0.4, -0.2) is 29.1 Å². The van der Waals surface area contributed by atoms with Gasteiger partial charge in [0, 0.05) is 18.2 Å². The topological polar surface area (TPSA) is 64.8 Å². The first-order chi connectivity index (χ1) is 14.1. The number of aryl methyl sites for hydroxylation is 2. The summed E-state index contributed by atoms with van der Waals surface area (Å²) in [4.78, 5) is 15.1. The van der Waals surface area contributed by atoms with Crippen molar-refractivity contribution in [2.45, 2.75) is 45.9 Å². The van der Waals surface area contributed by atoms with Gasteiger partial charge in [0.2, 0.25) is 0 Å². The van der Waals surface area contributed by atoms with Crippen molar-refractivity contribution in [1.29, 1.82) is 0 Å². The maximum absolute atomic E-state index is 13.2. The van der Waals surface area contributed by atoms with E-state index in [-0.39, 0.29) is 5.91 Å². The van der Waals surface area contributed by atoms with E-state index in [2.05, 4.69) is 16.6 Å². The van der Waals surface area contributed by atoms with Gasteiger partial charge in [-0.25, -0.2) is 0 Å². The van der Waals surface area contributed by atoms with E-state index < -0.39 is 0 Å². The van der Waals surface area contributed by atoms with E-state index in [9.17, 15) is 4.79 Å². The lowest BCUT2D eigenvalue weighted by atomic mass is 10.1. The van der Waals surface area contributed by atoms with Crippen molar-refractivity contribution < 1.29 is 18.8 Å². The molecule has 152 valence electrons. The summed E-state index contributed by atoms with van der Waals surface area (Å²) in [5, 5.41) is 8.08. The molecule has 1 fully saturated rings. The molecule has 3 aromatic rings. The second-order valence-corrected chi connectivity index (χ2v) is 8.03. The molecule has 0 bridgehead atoms. The van der Waals surface area contributed by atoms with Crippen LogP contribution in [0.15, 0.2) is 39.5 Å². The van der Waals surface area contributed by atoms with E-state index in [0.717, 1.165) is 29.9 Å². The zero-order valence-electron chi connectivity index (χ0n) is 16.8. The van der Waals surface area contributed by atoms with Crippen LogP contribution in [0.3, 0.4) is 0 Å². The summed E-state index contributed by atoms with van der Waals surface area (Å²) in [6.07, 6.45) is 2.12. The SMILES string of the molecule is COc1cc(C(=O)N(Cc2ccsc2)C2CC2)ccc1OCc1c(C)noc1C. The normalized spacial score (nSPS) is 13.3. The van der Waals surface area contributed by atoms with Gasteiger partial charge in [0.05, 0.1) is 18.4 Å². The Balaban J connectivity index is 1.51.